The van der Waals surface area contributed by atoms with E-state index in [9.17, 15) is 0 Å². The monoisotopic (exact) mass is 354 g/mol. The van der Waals surface area contributed by atoms with Crippen molar-refractivity contribution in [3.63, 3.8) is 0 Å². The highest BCUT2D eigenvalue weighted by atomic mass is 15.0. The lowest BCUT2D eigenvalue weighted by Crippen LogP contribution is -2.40. The fourth-order valence-electron chi connectivity index (χ4n) is 4.22. The van der Waals surface area contributed by atoms with E-state index >= 15 is 0 Å². The lowest BCUT2D eigenvalue weighted by atomic mass is 10.00. The summed E-state index contributed by atoms with van der Waals surface area (Å²) in [6.45, 7) is 11.0. The fourth-order valence-corrected chi connectivity index (χ4v) is 4.22. The van der Waals surface area contributed by atoms with Crippen LogP contribution in [0.3, 0.4) is 0 Å². The molecule has 0 fully saturated rings. The molecule has 27 heavy (non-hydrogen) atoms. The molecule has 134 valence electrons. The molecule has 2 heterocycles. The molecule has 0 saturated heterocycles. The Hall–Kier alpha value is -3.00. The van der Waals surface area contributed by atoms with E-state index in [-0.39, 0.29) is 0 Å². The minimum Gasteiger partial charge on any atom is -0.164 e. The highest BCUT2D eigenvalue weighted by Gasteiger charge is 2.26. The first-order chi connectivity index (χ1) is 13.0. The lowest BCUT2D eigenvalue weighted by Gasteiger charge is -2.12. The molecule has 0 radical (unpaired) electrons. The molecular formula is C25H26N2+2. The van der Waals surface area contributed by atoms with Crippen LogP contribution in [0.25, 0.3) is 22.1 Å². The smallest absolute Gasteiger partial charge is 0.164 e. The van der Waals surface area contributed by atoms with E-state index in [0.717, 1.165) is 0 Å². The average molecular weight is 354 g/mol. The van der Waals surface area contributed by atoms with E-state index in [2.05, 4.69) is 111 Å². The van der Waals surface area contributed by atoms with Crippen molar-refractivity contribution in [2.45, 2.75) is 34.6 Å². The van der Waals surface area contributed by atoms with Crippen molar-refractivity contribution in [1.82, 2.24) is 0 Å². The summed E-state index contributed by atoms with van der Waals surface area (Å²) in [5, 5.41) is 2.54. The SMILES string of the molecule is Cc1cc(C)c(-[n+]2cc3ccccc3cc2C)c(C)c1-[n+]1ccccc1C. The zero-order chi connectivity index (χ0) is 19.1. The molecule has 0 bridgehead atoms. The van der Waals surface area contributed by atoms with Gasteiger partial charge in [-0.3, -0.25) is 0 Å². The van der Waals surface area contributed by atoms with Crippen LogP contribution >= 0.6 is 0 Å². The van der Waals surface area contributed by atoms with Gasteiger partial charge in [0.1, 0.15) is 0 Å². The summed E-state index contributed by atoms with van der Waals surface area (Å²) >= 11 is 0. The number of aromatic nitrogens is 2. The van der Waals surface area contributed by atoms with Gasteiger partial charge in [0.05, 0.1) is 5.56 Å². The molecule has 2 nitrogen and oxygen atoms in total. The van der Waals surface area contributed by atoms with Gasteiger partial charge >= 0.3 is 0 Å². The molecule has 0 aliphatic rings. The maximum Gasteiger partial charge on any atom is 0.223 e. The molecule has 2 aromatic carbocycles. The molecule has 0 amide bonds. The highest BCUT2D eigenvalue weighted by molar-refractivity contribution is 5.81. The Labute approximate surface area is 161 Å². The first kappa shape index (κ1) is 17.4. The highest BCUT2D eigenvalue weighted by Crippen LogP contribution is 2.24. The van der Waals surface area contributed by atoms with E-state index in [4.69, 9.17) is 0 Å². The van der Waals surface area contributed by atoms with Gasteiger partial charge in [0, 0.05) is 48.6 Å². The molecule has 0 N–H and O–H groups in total. The van der Waals surface area contributed by atoms with Crippen molar-refractivity contribution in [2.24, 2.45) is 0 Å². The minimum atomic E-state index is 1.23. The minimum absolute atomic E-state index is 1.23. The molecule has 2 aromatic heterocycles. The number of aryl methyl sites for hydroxylation is 4. The molecule has 0 atom stereocenters. The van der Waals surface area contributed by atoms with Gasteiger partial charge in [-0.05, 0) is 38.3 Å². The van der Waals surface area contributed by atoms with E-state index in [1.807, 2.05) is 0 Å². The molecular weight excluding hydrogens is 328 g/mol. The van der Waals surface area contributed by atoms with E-state index < -0.39 is 0 Å². The number of benzene rings is 2. The molecule has 2 heteroatoms. The second-order valence-corrected chi connectivity index (χ2v) is 7.46. The van der Waals surface area contributed by atoms with Crippen LogP contribution < -0.4 is 9.13 Å². The van der Waals surface area contributed by atoms with Gasteiger partial charge in [0.25, 0.3) is 0 Å². The number of nitrogens with zero attached hydrogens (tertiary/aromatic N) is 2. The Kier molecular flexibility index (Phi) is 4.27. The van der Waals surface area contributed by atoms with Crippen LogP contribution in [-0.2, 0) is 0 Å². The molecule has 0 aliphatic heterocycles. The third-order valence-corrected chi connectivity index (χ3v) is 5.44. The van der Waals surface area contributed by atoms with Crippen LogP contribution in [0, 0.1) is 34.6 Å². The van der Waals surface area contributed by atoms with Crippen molar-refractivity contribution < 1.29 is 9.13 Å². The Morgan fingerprint density at radius 1 is 0.593 bits per heavy atom. The van der Waals surface area contributed by atoms with Crippen molar-refractivity contribution >= 4 is 10.8 Å². The third-order valence-electron chi connectivity index (χ3n) is 5.44. The molecule has 4 aromatic rings. The van der Waals surface area contributed by atoms with Crippen LogP contribution in [0.15, 0.2) is 67.0 Å². The van der Waals surface area contributed by atoms with E-state index in [1.54, 1.807) is 0 Å². The van der Waals surface area contributed by atoms with Crippen LogP contribution in [0.5, 0.6) is 0 Å². The van der Waals surface area contributed by atoms with E-state index in [0.29, 0.717) is 0 Å². The number of hydrogen-bond acceptors (Lipinski definition) is 0. The third kappa shape index (κ3) is 2.91. The Bertz CT molecular complexity index is 1170. The predicted molar refractivity (Wildman–Crippen MR) is 111 cm³/mol. The Balaban J connectivity index is 2.04. The summed E-state index contributed by atoms with van der Waals surface area (Å²) in [7, 11) is 0. The van der Waals surface area contributed by atoms with Crippen molar-refractivity contribution in [3.8, 4) is 11.4 Å². The fraction of sp³-hybridized carbons (Fsp3) is 0.200. The average Bonchev–Trinajstić information content (AvgIpc) is 2.63. The van der Waals surface area contributed by atoms with Crippen molar-refractivity contribution in [2.75, 3.05) is 0 Å². The largest absolute Gasteiger partial charge is 0.223 e. The van der Waals surface area contributed by atoms with Crippen molar-refractivity contribution in [1.29, 1.82) is 0 Å². The molecule has 0 aliphatic carbocycles. The van der Waals surface area contributed by atoms with Gasteiger partial charge in [-0.15, -0.1) is 0 Å². The van der Waals surface area contributed by atoms with Gasteiger partial charge in [-0.1, -0.05) is 24.3 Å². The summed E-state index contributed by atoms with van der Waals surface area (Å²) in [5.74, 6) is 0. The summed E-state index contributed by atoms with van der Waals surface area (Å²) < 4.78 is 4.64. The Morgan fingerprint density at radius 2 is 1.22 bits per heavy atom. The lowest BCUT2D eigenvalue weighted by molar-refractivity contribution is -0.611. The van der Waals surface area contributed by atoms with Crippen molar-refractivity contribution in [3.05, 3.63) is 95.1 Å². The number of pyridine rings is 2. The van der Waals surface area contributed by atoms with Crippen LogP contribution in [0.2, 0.25) is 0 Å². The number of fused-ring (bicyclic) bond motifs is 1. The van der Waals surface area contributed by atoms with Crippen LogP contribution in [0.1, 0.15) is 28.1 Å². The van der Waals surface area contributed by atoms with Gasteiger partial charge in [0.15, 0.2) is 23.8 Å². The molecule has 0 unspecified atom stereocenters. The Morgan fingerprint density at radius 3 is 1.93 bits per heavy atom. The van der Waals surface area contributed by atoms with E-state index in [1.165, 1.54) is 50.2 Å². The standard InChI is InChI=1S/C25H26N2/c1-17-14-18(2)25(21(5)24(17)26-13-9-8-10-19(26)3)27-16-23-12-7-6-11-22(23)15-20(27)4/h6-16H,1-5H3/q+2. The number of hydrogen-bond donors (Lipinski definition) is 0. The maximum atomic E-state index is 2.34. The first-order valence-corrected chi connectivity index (χ1v) is 9.47. The summed E-state index contributed by atoms with van der Waals surface area (Å²) in [6.07, 6.45) is 4.42. The second-order valence-electron chi connectivity index (χ2n) is 7.46. The normalized spacial score (nSPS) is 11.1. The van der Waals surface area contributed by atoms with Gasteiger partial charge in [-0.2, -0.15) is 9.13 Å². The zero-order valence-corrected chi connectivity index (χ0v) is 16.7. The molecule has 0 spiro atoms. The second kappa shape index (κ2) is 6.62. The maximum absolute atomic E-state index is 2.34. The summed E-state index contributed by atoms with van der Waals surface area (Å²) in [5.41, 5.74) is 8.92. The number of rotatable bonds is 2. The van der Waals surface area contributed by atoms with Gasteiger partial charge in [-0.25, -0.2) is 0 Å². The quantitative estimate of drug-likeness (QED) is 0.451. The zero-order valence-electron chi connectivity index (χ0n) is 16.7. The summed E-state index contributed by atoms with van der Waals surface area (Å²) in [6, 6.07) is 19.5. The van der Waals surface area contributed by atoms with Crippen LogP contribution in [0.4, 0.5) is 0 Å². The van der Waals surface area contributed by atoms with Crippen LogP contribution in [-0.4, -0.2) is 0 Å². The van der Waals surface area contributed by atoms with Gasteiger partial charge < -0.3 is 0 Å². The first-order valence-electron chi connectivity index (χ1n) is 9.47. The topological polar surface area (TPSA) is 7.76 Å². The van der Waals surface area contributed by atoms with Gasteiger partial charge in [0.2, 0.25) is 11.4 Å². The summed E-state index contributed by atoms with van der Waals surface area (Å²) in [4.78, 5) is 0. The predicted octanol–water partition coefficient (Wildman–Crippen LogP) is 4.94. The molecule has 0 saturated carbocycles. The molecule has 4 rings (SSSR count).